The molecule has 1 spiro atoms. The molecule has 0 aliphatic carbocycles. The Bertz CT molecular complexity index is 1740. The van der Waals surface area contributed by atoms with Crippen LogP contribution in [0.15, 0.2) is 60.8 Å². The number of hydrogen-bond acceptors (Lipinski definition) is 9. The number of ether oxygens (including phenoxy) is 2. The molecule has 2 saturated heterocycles. The van der Waals surface area contributed by atoms with Crippen LogP contribution in [0.3, 0.4) is 0 Å². The lowest BCUT2D eigenvalue weighted by Gasteiger charge is -2.39. The van der Waals surface area contributed by atoms with E-state index in [-0.39, 0.29) is 28.5 Å². The minimum absolute atomic E-state index is 0.155. The van der Waals surface area contributed by atoms with E-state index in [2.05, 4.69) is 20.4 Å². The molecule has 2 fully saturated rings. The highest BCUT2D eigenvalue weighted by molar-refractivity contribution is 5.74. The summed E-state index contributed by atoms with van der Waals surface area (Å²) < 4.78 is 57.1. The number of hydrogen-bond donors (Lipinski definition) is 3. The Morgan fingerprint density at radius 1 is 1.11 bits per heavy atom. The number of carbonyl (C=O) groups is 1. The van der Waals surface area contributed by atoms with Gasteiger partial charge in [0.1, 0.15) is 17.6 Å². The molecule has 0 amide bonds. The lowest BCUT2D eigenvalue weighted by molar-refractivity contribution is -0.198. The van der Waals surface area contributed by atoms with E-state index in [4.69, 9.17) is 15.2 Å². The average molecular weight is 652 g/mol. The largest absolute Gasteiger partial charge is 0.494 e. The minimum Gasteiger partial charge on any atom is -0.494 e. The number of alkyl halides is 3. The van der Waals surface area contributed by atoms with Crippen LogP contribution in [0.5, 0.6) is 11.6 Å². The van der Waals surface area contributed by atoms with Crippen LogP contribution >= 0.6 is 0 Å². The van der Waals surface area contributed by atoms with E-state index in [1.165, 1.54) is 16.8 Å². The zero-order chi connectivity index (χ0) is 33.3. The standard InChI is InChI=1S/C33H36F3N7O4/c1-3-46-23-7-4-21(5-8-23)22-6-9-24(26(16-22)43-13-10-20(2)41-43)29(33(34,35)36)47-28-17-27(39-31(37)40-28)42-14-11-32(12-15-42)18-25(30(44)45)38-19-32/h4-10,13,16-17,25,29,38H,3,11-12,14-15,18-19H2,1-2H3,(H,44,45)(H2,37,39,40)/t25?,29-/m1/s1. The molecule has 248 valence electrons. The smallest absolute Gasteiger partial charge is 0.429 e. The van der Waals surface area contributed by atoms with Crippen molar-refractivity contribution < 1.29 is 32.5 Å². The van der Waals surface area contributed by atoms with Gasteiger partial charge in [0, 0.05) is 37.5 Å². The summed E-state index contributed by atoms with van der Waals surface area (Å²) in [7, 11) is 0. The van der Waals surface area contributed by atoms with Crippen LogP contribution in [0.25, 0.3) is 16.8 Å². The van der Waals surface area contributed by atoms with Gasteiger partial charge in [0.2, 0.25) is 17.9 Å². The molecule has 0 bridgehead atoms. The van der Waals surface area contributed by atoms with Crippen molar-refractivity contribution in [2.75, 3.05) is 36.9 Å². The third-order valence-corrected chi connectivity index (χ3v) is 8.83. The summed E-state index contributed by atoms with van der Waals surface area (Å²) in [5, 5.41) is 16.9. The topological polar surface area (TPSA) is 141 Å². The van der Waals surface area contributed by atoms with Crippen molar-refractivity contribution in [2.24, 2.45) is 5.41 Å². The molecule has 2 aromatic carbocycles. The summed E-state index contributed by atoms with van der Waals surface area (Å²) in [5.74, 6) is -0.373. The number of nitrogens with one attached hydrogen (secondary N) is 1. The van der Waals surface area contributed by atoms with Gasteiger partial charge in [-0.15, -0.1) is 0 Å². The first kappa shape index (κ1) is 32.1. The molecule has 4 N–H and O–H groups in total. The van der Waals surface area contributed by atoms with Gasteiger partial charge >= 0.3 is 12.1 Å². The van der Waals surface area contributed by atoms with E-state index >= 15 is 0 Å². The molecule has 2 atom stereocenters. The second kappa shape index (κ2) is 12.7. The quantitative estimate of drug-likeness (QED) is 0.217. The monoisotopic (exact) mass is 651 g/mol. The molecule has 6 rings (SSSR count). The van der Waals surface area contributed by atoms with E-state index in [0.717, 1.165) is 5.56 Å². The van der Waals surface area contributed by atoms with Gasteiger partial charge < -0.3 is 30.5 Å². The van der Waals surface area contributed by atoms with Crippen LogP contribution in [0.4, 0.5) is 24.9 Å². The van der Waals surface area contributed by atoms with Gasteiger partial charge in [-0.25, -0.2) is 4.68 Å². The number of anilines is 2. The Labute approximate surface area is 269 Å². The van der Waals surface area contributed by atoms with Crippen LogP contribution in [0.1, 0.15) is 43.5 Å². The van der Waals surface area contributed by atoms with Crippen LogP contribution < -0.4 is 25.4 Å². The predicted molar refractivity (Wildman–Crippen MR) is 169 cm³/mol. The molecular weight excluding hydrogens is 615 g/mol. The molecule has 2 aromatic heterocycles. The zero-order valence-electron chi connectivity index (χ0n) is 26.0. The van der Waals surface area contributed by atoms with Crippen molar-refractivity contribution in [1.29, 1.82) is 0 Å². The van der Waals surface area contributed by atoms with Crippen molar-refractivity contribution >= 4 is 17.7 Å². The first-order valence-electron chi connectivity index (χ1n) is 15.4. The summed E-state index contributed by atoms with van der Waals surface area (Å²) in [6, 6.07) is 14.5. The van der Waals surface area contributed by atoms with Gasteiger partial charge in [0.05, 0.1) is 18.0 Å². The second-order valence-corrected chi connectivity index (χ2v) is 12.1. The van der Waals surface area contributed by atoms with E-state index in [0.29, 0.717) is 68.3 Å². The Balaban J connectivity index is 1.29. The van der Waals surface area contributed by atoms with Crippen LogP contribution in [0.2, 0.25) is 0 Å². The summed E-state index contributed by atoms with van der Waals surface area (Å²) in [4.78, 5) is 21.7. The number of nitrogens with zero attached hydrogens (tertiary/aromatic N) is 5. The summed E-state index contributed by atoms with van der Waals surface area (Å²) >= 11 is 0. The Kier molecular flexibility index (Phi) is 8.70. The molecular formula is C33H36F3N7O4. The molecule has 0 saturated carbocycles. The summed E-state index contributed by atoms with van der Waals surface area (Å²) in [5.41, 5.74) is 7.98. The van der Waals surface area contributed by atoms with Gasteiger partial charge in [-0.3, -0.25) is 4.79 Å². The highest BCUT2D eigenvalue weighted by Crippen LogP contribution is 2.43. The maximum atomic E-state index is 14.8. The zero-order valence-corrected chi connectivity index (χ0v) is 26.0. The molecule has 4 heterocycles. The SMILES string of the molecule is CCOc1ccc(-c2ccc([C@@H](Oc3cc(N4CCC5(CC4)CNC(C(=O)O)C5)nc(N)n3)C(F)(F)F)c(-n3ccc(C)n3)c2)cc1. The maximum Gasteiger partial charge on any atom is 0.429 e. The highest BCUT2D eigenvalue weighted by Gasteiger charge is 2.46. The number of piperidine rings is 1. The normalized spacial score (nSPS) is 18.3. The number of nitrogen functional groups attached to an aromatic ring is 1. The fourth-order valence-electron chi connectivity index (χ4n) is 6.37. The van der Waals surface area contributed by atoms with Crippen LogP contribution in [-0.2, 0) is 4.79 Å². The molecule has 2 aliphatic rings. The fourth-order valence-corrected chi connectivity index (χ4v) is 6.37. The minimum atomic E-state index is -4.83. The summed E-state index contributed by atoms with van der Waals surface area (Å²) in [6.45, 7) is 5.81. The fraction of sp³-hybridized carbons (Fsp3) is 0.394. The van der Waals surface area contributed by atoms with Gasteiger partial charge in [-0.05, 0) is 73.9 Å². The second-order valence-electron chi connectivity index (χ2n) is 12.1. The van der Waals surface area contributed by atoms with Crippen molar-refractivity contribution in [1.82, 2.24) is 25.1 Å². The van der Waals surface area contributed by atoms with E-state index in [1.54, 1.807) is 31.3 Å². The molecule has 1 unspecified atom stereocenters. The third kappa shape index (κ3) is 6.97. The van der Waals surface area contributed by atoms with Crippen LogP contribution in [-0.4, -0.2) is 69.3 Å². The predicted octanol–water partition coefficient (Wildman–Crippen LogP) is 5.33. The summed E-state index contributed by atoms with van der Waals surface area (Å²) in [6.07, 6.45) is -3.71. The van der Waals surface area contributed by atoms with E-state index in [9.17, 15) is 23.1 Å². The van der Waals surface area contributed by atoms with E-state index in [1.807, 2.05) is 36.1 Å². The first-order valence-corrected chi connectivity index (χ1v) is 15.4. The molecule has 2 aliphatic heterocycles. The van der Waals surface area contributed by atoms with E-state index < -0.39 is 24.3 Å². The van der Waals surface area contributed by atoms with Crippen molar-refractivity contribution in [2.45, 2.75) is 51.4 Å². The van der Waals surface area contributed by atoms with Crippen molar-refractivity contribution in [3.8, 4) is 28.4 Å². The highest BCUT2D eigenvalue weighted by atomic mass is 19.4. The molecule has 14 heteroatoms. The van der Waals surface area contributed by atoms with Gasteiger partial charge in [-0.1, -0.05) is 24.3 Å². The molecule has 11 nitrogen and oxygen atoms in total. The number of rotatable bonds is 9. The van der Waals surface area contributed by atoms with Gasteiger partial charge in [0.15, 0.2) is 0 Å². The number of aryl methyl sites for hydroxylation is 1. The molecule has 0 radical (unpaired) electrons. The number of aliphatic carboxylic acids is 1. The number of carboxylic acid groups (broad SMARTS) is 1. The lowest BCUT2D eigenvalue weighted by atomic mass is 9.76. The molecule has 47 heavy (non-hydrogen) atoms. The molecule has 4 aromatic rings. The number of halogens is 3. The van der Waals surface area contributed by atoms with Crippen LogP contribution in [0, 0.1) is 12.3 Å². The first-order chi connectivity index (χ1) is 22.4. The van der Waals surface area contributed by atoms with Gasteiger partial charge in [0.25, 0.3) is 0 Å². The van der Waals surface area contributed by atoms with Crippen molar-refractivity contribution in [3.63, 3.8) is 0 Å². The Hall–Kier alpha value is -4.85. The Morgan fingerprint density at radius 2 is 1.83 bits per heavy atom. The van der Waals surface area contributed by atoms with Crippen molar-refractivity contribution in [3.05, 3.63) is 72.1 Å². The average Bonchev–Trinajstić information content (AvgIpc) is 3.66. The third-order valence-electron chi connectivity index (χ3n) is 8.83. The maximum absolute atomic E-state index is 14.8. The number of carboxylic acids is 1. The number of nitrogens with two attached hydrogens (primary N) is 1. The number of aromatic nitrogens is 4. The number of benzene rings is 2. The van der Waals surface area contributed by atoms with Gasteiger partial charge in [-0.2, -0.15) is 28.2 Å². The Morgan fingerprint density at radius 3 is 2.45 bits per heavy atom. The lowest BCUT2D eigenvalue weighted by Crippen LogP contribution is -2.41.